The van der Waals surface area contributed by atoms with Crippen LogP contribution in [0.3, 0.4) is 0 Å². The summed E-state index contributed by atoms with van der Waals surface area (Å²) in [6, 6.07) is 14.0. The molecule has 140 valence electrons. The third-order valence-electron chi connectivity index (χ3n) is 4.25. The molecule has 0 spiro atoms. The van der Waals surface area contributed by atoms with E-state index in [-0.39, 0.29) is 5.91 Å². The third-order valence-corrected chi connectivity index (χ3v) is 4.25. The molecule has 0 aliphatic carbocycles. The number of nitrogens with one attached hydrogen (secondary N) is 1. The van der Waals surface area contributed by atoms with E-state index in [9.17, 15) is 4.79 Å². The monoisotopic (exact) mass is 355 g/mol. The number of carbonyl (C=O) groups excluding carboxylic acids is 1. The molecule has 0 fully saturated rings. The molecule has 4 nitrogen and oxygen atoms in total. The van der Waals surface area contributed by atoms with E-state index in [0.29, 0.717) is 13.0 Å². The Bertz CT molecular complexity index is 707. The van der Waals surface area contributed by atoms with Crippen LogP contribution in [0.5, 0.6) is 11.5 Å². The predicted octanol–water partition coefficient (Wildman–Crippen LogP) is 4.22. The molecular formula is C22H29NO3. The second-order valence-corrected chi connectivity index (χ2v) is 6.54. The molecule has 0 saturated heterocycles. The number of hydrogen-bond donors (Lipinski definition) is 1. The normalized spacial score (nSPS) is 11.7. The highest BCUT2D eigenvalue weighted by molar-refractivity contribution is 5.81. The number of amides is 1. The van der Waals surface area contributed by atoms with Gasteiger partial charge in [0.15, 0.2) is 6.10 Å². The van der Waals surface area contributed by atoms with Gasteiger partial charge in [-0.05, 0) is 68.0 Å². The highest BCUT2D eigenvalue weighted by Gasteiger charge is 2.18. The Morgan fingerprint density at radius 1 is 1.12 bits per heavy atom. The zero-order chi connectivity index (χ0) is 18.9. The quantitative estimate of drug-likeness (QED) is 0.685. The lowest BCUT2D eigenvalue weighted by Gasteiger charge is -2.18. The smallest absolute Gasteiger partial charge is 0.261 e. The van der Waals surface area contributed by atoms with Crippen molar-refractivity contribution in [3.63, 3.8) is 0 Å². The van der Waals surface area contributed by atoms with Gasteiger partial charge in [-0.2, -0.15) is 0 Å². The summed E-state index contributed by atoms with van der Waals surface area (Å²) >= 11 is 0. The van der Waals surface area contributed by atoms with Crippen molar-refractivity contribution in [1.29, 1.82) is 0 Å². The third kappa shape index (κ3) is 5.80. The van der Waals surface area contributed by atoms with E-state index < -0.39 is 6.10 Å². The zero-order valence-corrected chi connectivity index (χ0v) is 16.2. The van der Waals surface area contributed by atoms with Crippen molar-refractivity contribution in [3.8, 4) is 11.5 Å². The standard InChI is InChI=1S/C22H29NO3/c1-5-20(26-19-14-16(2)13-17(3)15-19)22(24)23-12-8-10-18-9-6-7-11-21(18)25-4/h6-7,9,11,13-15,20H,5,8,10,12H2,1-4H3,(H,23,24). The molecule has 0 bridgehead atoms. The van der Waals surface area contributed by atoms with Crippen molar-refractivity contribution < 1.29 is 14.3 Å². The van der Waals surface area contributed by atoms with Crippen molar-refractivity contribution in [3.05, 3.63) is 59.2 Å². The highest BCUT2D eigenvalue weighted by atomic mass is 16.5. The van der Waals surface area contributed by atoms with E-state index in [1.54, 1.807) is 7.11 Å². The van der Waals surface area contributed by atoms with E-state index >= 15 is 0 Å². The van der Waals surface area contributed by atoms with Crippen LogP contribution < -0.4 is 14.8 Å². The summed E-state index contributed by atoms with van der Waals surface area (Å²) in [5.41, 5.74) is 3.42. The van der Waals surface area contributed by atoms with E-state index in [0.717, 1.165) is 41.0 Å². The number of ether oxygens (including phenoxy) is 2. The van der Waals surface area contributed by atoms with E-state index in [2.05, 4.69) is 17.4 Å². The van der Waals surface area contributed by atoms with Crippen LogP contribution in [0.2, 0.25) is 0 Å². The van der Waals surface area contributed by atoms with Crippen molar-refractivity contribution in [2.45, 2.75) is 46.1 Å². The Hall–Kier alpha value is -2.49. The molecule has 1 N–H and O–H groups in total. The number of benzene rings is 2. The topological polar surface area (TPSA) is 47.6 Å². The average molecular weight is 355 g/mol. The van der Waals surface area contributed by atoms with Gasteiger partial charge in [-0.15, -0.1) is 0 Å². The molecule has 1 amide bonds. The molecule has 0 aromatic heterocycles. The first-order valence-electron chi connectivity index (χ1n) is 9.18. The fraction of sp³-hybridized carbons (Fsp3) is 0.409. The summed E-state index contributed by atoms with van der Waals surface area (Å²) in [6.07, 6.45) is 1.87. The number of carbonyl (C=O) groups is 1. The van der Waals surface area contributed by atoms with Gasteiger partial charge in [0.2, 0.25) is 0 Å². The molecule has 2 aromatic carbocycles. The molecule has 2 rings (SSSR count). The lowest BCUT2D eigenvalue weighted by molar-refractivity contribution is -0.128. The number of rotatable bonds is 9. The van der Waals surface area contributed by atoms with Crippen LogP contribution in [-0.4, -0.2) is 25.7 Å². The average Bonchev–Trinajstić information content (AvgIpc) is 2.62. The van der Waals surface area contributed by atoms with Gasteiger partial charge in [-0.25, -0.2) is 0 Å². The van der Waals surface area contributed by atoms with Crippen LogP contribution in [0, 0.1) is 13.8 Å². The van der Waals surface area contributed by atoms with Crippen LogP contribution >= 0.6 is 0 Å². The molecule has 0 heterocycles. The fourth-order valence-electron chi connectivity index (χ4n) is 3.00. The van der Waals surface area contributed by atoms with E-state index in [1.807, 2.05) is 51.1 Å². The van der Waals surface area contributed by atoms with Gasteiger partial charge in [0.1, 0.15) is 11.5 Å². The Morgan fingerprint density at radius 2 is 1.81 bits per heavy atom. The van der Waals surface area contributed by atoms with Crippen LogP contribution in [0.4, 0.5) is 0 Å². The first kappa shape index (κ1) is 19.8. The minimum atomic E-state index is -0.470. The van der Waals surface area contributed by atoms with E-state index in [4.69, 9.17) is 9.47 Å². The fourth-order valence-corrected chi connectivity index (χ4v) is 3.00. The Balaban J connectivity index is 1.83. The minimum absolute atomic E-state index is 0.0633. The first-order chi connectivity index (χ1) is 12.5. The molecule has 0 saturated carbocycles. The second-order valence-electron chi connectivity index (χ2n) is 6.54. The van der Waals surface area contributed by atoms with Crippen LogP contribution in [0.1, 0.15) is 36.5 Å². The maximum Gasteiger partial charge on any atom is 0.261 e. The van der Waals surface area contributed by atoms with Crippen molar-refractivity contribution in [2.24, 2.45) is 0 Å². The highest BCUT2D eigenvalue weighted by Crippen LogP contribution is 2.19. The summed E-state index contributed by atoms with van der Waals surface area (Å²) < 4.78 is 11.3. The van der Waals surface area contributed by atoms with Crippen LogP contribution in [-0.2, 0) is 11.2 Å². The van der Waals surface area contributed by atoms with Crippen molar-refractivity contribution >= 4 is 5.91 Å². The van der Waals surface area contributed by atoms with Gasteiger partial charge in [0, 0.05) is 6.54 Å². The molecule has 0 radical (unpaired) electrons. The second kappa shape index (κ2) is 9.85. The lowest BCUT2D eigenvalue weighted by Crippen LogP contribution is -2.38. The molecule has 1 atom stereocenters. The lowest BCUT2D eigenvalue weighted by atomic mass is 10.1. The molecule has 26 heavy (non-hydrogen) atoms. The number of para-hydroxylation sites is 1. The van der Waals surface area contributed by atoms with Gasteiger partial charge in [0.05, 0.1) is 7.11 Å². The summed E-state index contributed by atoms with van der Waals surface area (Å²) in [5, 5.41) is 2.99. The van der Waals surface area contributed by atoms with Crippen molar-refractivity contribution in [2.75, 3.05) is 13.7 Å². The predicted molar refractivity (Wildman–Crippen MR) is 105 cm³/mol. The van der Waals surface area contributed by atoms with Gasteiger partial charge in [0.25, 0.3) is 5.91 Å². The molecule has 1 unspecified atom stereocenters. The zero-order valence-electron chi connectivity index (χ0n) is 16.2. The van der Waals surface area contributed by atoms with E-state index in [1.165, 1.54) is 0 Å². The van der Waals surface area contributed by atoms with Gasteiger partial charge in [-0.3, -0.25) is 4.79 Å². The van der Waals surface area contributed by atoms with Gasteiger partial charge < -0.3 is 14.8 Å². The Labute approximate surface area is 156 Å². The number of hydrogen-bond acceptors (Lipinski definition) is 3. The maximum atomic E-state index is 12.4. The molecule has 4 heteroatoms. The summed E-state index contributed by atoms with van der Waals surface area (Å²) in [6.45, 7) is 6.63. The minimum Gasteiger partial charge on any atom is -0.496 e. The number of methoxy groups -OCH3 is 1. The molecule has 2 aromatic rings. The Morgan fingerprint density at radius 3 is 2.46 bits per heavy atom. The maximum absolute atomic E-state index is 12.4. The molecule has 0 aliphatic heterocycles. The van der Waals surface area contributed by atoms with Gasteiger partial charge >= 0.3 is 0 Å². The first-order valence-corrected chi connectivity index (χ1v) is 9.18. The van der Waals surface area contributed by atoms with Gasteiger partial charge in [-0.1, -0.05) is 31.2 Å². The van der Waals surface area contributed by atoms with Crippen molar-refractivity contribution in [1.82, 2.24) is 5.32 Å². The largest absolute Gasteiger partial charge is 0.496 e. The molecule has 0 aliphatic rings. The Kier molecular flexibility index (Phi) is 7.52. The van der Waals surface area contributed by atoms with Crippen LogP contribution in [0.25, 0.3) is 0 Å². The summed E-state index contributed by atoms with van der Waals surface area (Å²) in [7, 11) is 1.68. The SMILES string of the molecule is CCC(Oc1cc(C)cc(C)c1)C(=O)NCCCc1ccccc1OC. The summed E-state index contributed by atoms with van der Waals surface area (Å²) in [4.78, 5) is 12.4. The molecular weight excluding hydrogens is 326 g/mol. The van der Waals surface area contributed by atoms with Crippen LogP contribution in [0.15, 0.2) is 42.5 Å². The number of aryl methyl sites for hydroxylation is 3. The summed E-state index contributed by atoms with van der Waals surface area (Å²) in [5.74, 6) is 1.58.